The van der Waals surface area contributed by atoms with Crippen LogP contribution < -0.4 is 5.73 Å². The van der Waals surface area contributed by atoms with Gasteiger partial charge in [-0.05, 0) is 61.9 Å². The van der Waals surface area contributed by atoms with E-state index in [0.29, 0.717) is 11.0 Å². The maximum Gasteiger partial charge on any atom is 0.123 e. The fourth-order valence-electron chi connectivity index (χ4n) is 3.91. The molecule has 2 atom stereocenters. The summed E-state index contributed by atoms with van der Waals surface area (Å²) < 4.78 is 13.5. The van der Waals surface area contributed by atoms with Gasteiger partial charge in [-0.15, -0.1) is 0 Å². The Labute approximate surface area is 125 Å². The summed E-state index contributed by atoms with van der Waals surface area (Å²) in [5.74, 6) is 0.630. The van der Waals surface area contributed by atoms with E-state index in [4.69, 9.17) is 18.0 Å². The van der Waals surface area contributed by atoms with Crippen molar-refractivity contribution in [3.63, 3.8) is 0 Å². The van der Waals surface area contributed by atoms with Crippen molar-refractivity contribution >= 4 is 17.2 Å². The average Bonchev–Trinajstić information content (AvgIpc) is 2.88. The molecule has 2 unspecified atom stereocenters. The minimum Gasteiger partial charge on any atom is -0.389 e. The quantitative estimate of drug-likeness (QED) is 0.867. The summed E-state index contributed by atoms with van der Waals surface area (Å²) in [5.41, 5.74) is 7.52. The molecule has 2 fully saturated rings. The molecule has 0 amide bonds. The second-order valence-electron chi connectivity index (χ2n) is 6.04. The SMILES string of the molecule is NC(=S)c1ccc(F)cc1CN1CCCC2CCCC21. The molecule has 20 heavy (non-hydrogen) atoms. The van der Waals surface area contributed by atoms with E-state index in [0.717, 1.165) is 30.1 Å². The van der Waals surface area contributed by atoms with Crippen LogP contribution in [0.15, 0.2) is 18.2 Å². The first-order chi connectivity index (χ1) is 9.65. The Balaban J connectivity index is 1.83. The zero-order valence-corrected chi connectivity index (χ0v) is 12.5. The number of nitrogens with two attached hydrogens (primary N) is 1. The first-order valence-electron chi connectivity index (χ1n) is 7.47. The van der Waals surface area contributed by atoms with Crippen molar-refractivity contribution in [2.24, 2.45) is 11.7 Å². The predicted molar refractivity (Wildman–Crippen MR) is 83.1 cm³/mol. The largest absolute Gasteiger partial charge is 0.389 e. The highest BCUT2D eigenvalue weighted by Crippen LogP contribution is 2.37. The van der Waals surface area contributed by atoms with Crippen LogP contribution in [0.25, 0.3) is 0 Å². The Bertz CT molecular complexity index is 517. The molecule has 1 aliphatic heterocycles. The number of rotatable bonds is 3. The Morgan fingerprint density at radius 2 is 2.10 bits per heavy atom. The molecule has 1 saturated heterocycles. The summed E-state index contributed by atoms with van der Waals surface area (Å²) in [4.78, 5) is 2.87. The Morgan fingerprint density at radius 3 is 2.90 bits per heavy atom. The van der Waals surface area contributed by atoms with Crippen LogP contribution in [-0.4, -0.2) is 22.5 Å². The second kappa shape index (κ2) is 5.78. The molecule has 1 aromatic rings. The third-order valence-electron chi connectivity index (χ3n) is 4.81. The summed E-state index contributed by atoms with van der Waals surface area (Å²) in [6.07, 6.45) is 6.57. The van der Waals surface area contributed by atoms with Gasteiger partial charge in [0.25, 0.3) is 0 Å². The lowest BCUT2D eigenvalue weighted by atomic mass is 9.91. The highest BCUT2D eigenvalue weighted by atomic mass is 32.1. The number of fused-ring (bicyclic) bond motifs is 1. The van der Waals surface area contributed by atoms with E-state index >= 15 is 0 Å². The van der Waals surface area contributed by atoms with Crippen LogP contribution in [0.3, 0.4) is 0 Å². The minimum atomic E-state index is -0.208. The summed E-state index contributed by atoms with van der Waals surface area (Å²) in [7, 11) is 0. The molecule has 1 aromatic carbocycles. The second-order valence-corrected chi connectivity index (χ2v) is 6.48. The van der Waals surface area contributed by atoms with Crippen molar-refractivity contribution < 1.29 is 4.39 Å². The molecular weight excluding hydrogens is 271 g/mol. The number of nitrogens with zero attached hydrogens (tertiary/aromatic N) is 1. The third-order valence-corrected chi connectivity index (χ3v) is 5.03. The summed E-state index contributed by atoms with van der Waals surface area (Å²) in [5, 5.41) is 0. The van der Waals surface area contributed by atoms with Crippen molar-refractivity contribution in [1.29, 1.82) is 0 Å². The van der Waals surface area contributed by atoms with Crippen molar-refractivity contribution in [3.05, 3.63) is 35.1 Å². The molecule has 2 aliphatic rings. The molecule has 2 nitrogen and oxygen atoms in total. The smallest absolute Gasteiger partial charge is 0.123 e. The zero-order valence-electron chi connectivity index (χ0n) is 11.6. The number of hydrogen-bond donors (Lipinski definition) is 1. The molecule has 1 saturated carbocycles. The first-order valence-corrected chi connectivity index (χ1v) is 7.88. The molecule has 0 bridgehead atoms. The van der Waals surface area contributed by atoms with Crippen LogP contribution in [0.2, 0.25) is 0 Å². The van der Waals surface area contributed by atoms with Gasteiger partial charge in [0.05, 0.1) is 0 Å². The summed E-state index contributed by atoms with van der Waals surface area (Å²) in [6.45, 7) is 1.88. The normalized spacial score (nSPS) is 26.4. The lowest BCUT2D eigenvalue weighted by molar-refractivity contribution is 0.106. The van der Waals surface area contributed by atoms with Crippen molar-refractivity contribution in [1.82, 2.24) is 4.90 Å². The van der Waals surface area contributed by atoms with E-state index in [2.05, 4.69) is 4.90 Å². The van der Waals surface area contributed by atoms with Gasteiger partial charge in [0, 0.05) is 18.2 Å². The van der Waals surface area contributed by atoms with Crippen LogP contribution in [0, 0.1) is 11.7 Å². The Kier molecular flexibility index (Phi) is 4.03. The monoisotopic (exact) mass is 292 g/mol. The van der Waals surface area contributed by atoms with E-state index < -0.39 is 0 Å². The maximum atomic E-state index is 13.5. The summed E-state index contributed by atoms with van der Waals surface area (Å²) >= 11 is 5.09. The molecule has 0 spiro atoms. The third kappa shape index (κ3) is 2.72. The lowest BCUT2D eigenvalue weighted by Crippen LogP contribution is -2.42. The molecule has 4 heteroatoms. The number of thiocarbonyl (C=S) groups is 1. The van der Waals surface area contributed by atoms with Crippen LogP contribution in [0.5, 0.6) is 0 Å². The molecular formula is C16H21FN2S. The molecule has 108 valence electrons. The van der Waals surface area contributed by atoms with Gasteiger partial charge in [-0.1, -0.05) is 18.6 Å². The fraction of sp³-hybridized carbons (Fsp3) is 0.562. The van der Waals surface area contributed by atoms with Gasteiger partial charge in [-0.3, -0.25) is 4.90 Å². The Hall–Kier alpha value is -1.00. The van der Waals surface area contributed by atoms with Crippen molar-refractivity contribution in [2.45, 2.75) is 44.7 Å². The van der Waals surface area contributed by atoms with Gasteiger partial charge in [0.1, 0.15) is 10.8 Å². The standard InChI is InChI=1S/C16H21FN2S/c17-13-6-7-14(16(18)20)12(9-13)10-19-8-2-4-11-3-1-5-15(11)19/h6-7,9,11,15H,1-5,8,10H2,(H2,18,20). The molecule has 1 heterocycles. The van der Waals surface area contributed by atoms with Gasteiger partial charge in [-0.2, -0.15) is 0 Å². The topological polar surface area (TPSA) is 29.3 Å². The zero-order chi connectivity index (χ0) is 14.1. The Morgan fingerprint density at radius 1 is 1.30 bits per heavy atom. The van der Waals surface area contributed by atoms with Gasteiger partial charge in [0.2, 0.25) is 0 Å². The van der Waals surface area contributed by atoms with Gasteiger partial charge in [0.15, 0.2) is 0 Å². The summed E-state index contributed by atoms with van der Waals surface area (Å²) in [6, 6.07) is 5.41. The maximum absolute atomic E-state index is 13.5. The number of hydrogen-bond acceptors (Lipinski definition) is 2. The molecule has 0 radical (unpaired) electrons. The minimum absolute atomic E-state index is 0.208. The fourth-order valence-corrected chi connectivity index (χ4v) is 4.10. The van der Waals surface area contributed by atoms with Crippen LogP contribution in [0.1, 0.15) is 43.2 Å². The van der Waals surface area contributed by atoms with E-state index in [9.17, 15) is 4.39 Å². The average molecular weight is 292 g/mol. The van der Waals surface area contributed by atoms with E-state index in [1.807, 2.05) is 0 Å². The van der Waals surface area contributed by atoms with Gasteiger partial charge in [-0.25, -0.2) is 4.39 Å². The van der Waals surface area contributed by atoms with Crippen LogP contribution in [0.4, 0.5) is 4.39 Å². The van der Waals surface area contributed by atoms with Crippen molar-refractivity contribution in [2.75, 3.05) is 6.54 Å². The molecule has 3 rings (SSSR count). The van der Waals surface area contributed by atoms with Gasteiger partial charge < -0.3 is 5.73 Å². The van der Waals surface area contributed by atoms with E-state index in [1.54, 1.807) is 12.1 Å². The van der Waals surface area contributed by atoms with Gasteiger partial charge >= 0.3 is 0 Å². The molecule has 0 aromatic heterocycles. The van der Waals surface area contributed by atoms with Crippen LogP contribution >= 0.6 is 12.2 Å². The number of piperidine rings is 1. The van der Waals surface area contributed by atoms with Crippen molar-refractivity contribution in [3.8, 4) is 0 Å². The number of benzene rings is 1. The number of likely N-dealkylation sites (tertiary alicyclic amines) is 1. The highest BCUT2D eigenvalue weighted by molar-refractivity contribution is 7.80. The number of halogens is 1. The molecule has 1 aliphatic carbocycles. The molecule has 2 N–H and O–H groups in total. The van der Waals surface area contributed by atoms with E-state index in [-0.39, 0.29) is 5.82 Å². The lowest BCUT2D eigenvalue weighted by Gasteiger charge is -2.38. The predicted octanol–water partition coefficient (Wildman–Crippen LogP) is 3.22. The highest BCUT2D eigenvalue weighted by Gasteiger charge is 2.34. The van der Waals surface area contributed by atoms with Crippen LogP contribution in [-0.2, 0) is 6.54 Å². The van der Waals surface area contributed by atoms with E-state index in [1.165, 1.54) is 38.2 Å². The first kappa shape index (κ1) is 14.0.